The van der Waals surface area contributed by atoms with Gasteiger partial charge in [0.1, 0.15) is 0 Å². The molecule has 0 aliphatic rings. The lowest BCUT2D eigenvalue weighted by atomic mass is 10.0. The zero-order chi connectivity index (χ0) is 8.85. The Morgan fingerprint density at radius 3 is 2.45 bits per heavy atom. The van der Waals surface area contributed by atoms with Crippen LogP contribution >= 0.6 is 0 Å². The summed E-state index contributed by atoms with van der Waals surface area (Å²) in [6, 6.07) is 0. The average molecular weight is 156 g/mol. The number of Topliss-reactive ketones (excluding diaryl/α,β-unsaturated/α-hetero) is 1. The summed E-state index contributed by atoms with van der Waals surface area (Å²) in [6.07, 6.45) is 1.66. The molecule has 0 amide bonds. The lowest BCUT2D eigenvalue weighted by Crippen LogP contribution is -2.19. The Kier molecular flexibility index (Phi) is 4.54. The van der Waals surface area contributed by atoms with Crippen LogP contribution in [0, 0.1) is 5.92 Å². The molecule has 0 bridgehead atoms. The molecule has 3 heteroatoms. The third kappa shape index (κ3) is 3.18. The molecular formula is C8H16N2O. The summed E-state index contributed by atoms with van der Waals surface area (Å²) in [7, 11) is 1.75. The summed E-state index contributed by atoms with van der Waals surface area (Å²) in [5, 5.41) is 2.79. The molecule has 64 valence electrons. The van der Waals surface area contributed by atoms with Crippen LogP contribution in [0.15, 0.2) is 11.8 Å². The summed E-state index contributed by atoms with van der Waals surface area (Å²) < 4.78 is 0. The lowest BCUT2D eigenvalue weighted by molar-refractivity contribution is -0.118. The molecule has 0 aliphatic heterocycles. The molecule has 0 atom stereocenters. The van der Waals surface area contributed by atoms with Crippen molar-refractivity contribution in [1.82, 2.24) is 5.32 Å². The van der Waals surface area contributed by atoms with E-state index in [-0.39, 0.29) is 11.7 Å². The highest BCUT2D eigenvalue weighted by molar-refractivity contribution is 5.96. The zero-order valence-corrected chi connectivity index (χ0v) is 7.35. The number of carbonyl (C=O) groups excluding carboxylic acids is 1. The van der Waals surface area contributed by atoms with Gasteiger partial charge in [-0.05, 0) is 0 Å². The largest absolute Gasteiger partial charge is 0.394 e. The van der Waals surface area contributed by atoms with Crippen molar-refractivity contribution in [3.05, 3.63) is 11.8 Å². The van der Waals surface area contributed by atoms with Crippen LogP contribution < -0.4 is 11.1 Å². The van der Waals surface area contributed by atoms with E-state index >= 15 is 0 Å². The Morgan fingerprint density at radius 2 is 2.18 bits per heavy atom. The SMILES string of the molecule is CN/C=C(\CN)C(=O)C(C)C. The zero-order valence-electron chi connectivity index (χ0n) is 7.35. The van der Waals surface area contributed by atoms with Crippen molar-refractivity contribution < 1.29 is 4.79 Å². The van der Waals surface area contributed by atoms with E-state index in [9.17, 15) is 4.79 Å². The van der Waals surface area contributed by atoms with E-state index in [1.165, 1.54) is 0 Å². The second kappa shape index (κ2) is 4.91. The Morgan fingerprint density at radius 1 is 1.64 bits per heavy atom. The second-order valence-electron chi connectivity index (χ2n) is 2.68. The maximum atomic E-state index is 11.3. The molecule has 0 spiro atoms. The molecule has 0 saturated heterocycles. The highest BCUT2D eigenvalue weighted by Gasteiger charge is 2.10. The fourth-order valence-corrected chi connectivity index (χ4v) is 0.776. The molecule has 0 aromatic heterocycles. The molecule has 11 heavy (non-hydrogen) atoms. The predicted octanol–water partition coefficient (Wildman–Crippen LogP) is 0.273. The van der Waals surface area contributed by atoms with Crippen LogP contribution in [0.5, 0.6) is 0 Å². The number of hydrogen-bond donors (Lipinski definition) is 2. The molecule has 0 aromatic carbocycles. The highest BCUT2D eigenvalue weighted by Crippen LogP contribution is 2.02. The van der Waals surface area contributed by atoms with E-state index < -0.39 is 0 Å². The molecule has 0 radical (unpaired) electrons. The van der Waals surface area contributed by atoms with Gasteiger partial charge in [-0.3, -0.25) is 4.79 Å². The third-order valence-corrected chi connectivity index (χ3v) is 1.38. The minimum absolute atomic E-state index is 0.0261. The summed E-state index contributed by atoms with van der Waals surface area (Å²) >= 11 is 0. The first kappa shape index (κ1) is 10.2. The molecule has 3 nitrogen and oxygen atoms in total. The normalized spacial score (nSPS) is 11.9. The molecule has 0 fully saturated rings. The molecule has 3 N–H and O–H groups in total. The number of carbonyl (C=O) groups is 1. The van der Waals surface area contributed by atoms with Crippen molar-refractivity contribution in [2.24, 2.45) is 11.7 Å². The minimum atomic E-state index is 0.0261. The highest BCUT2D eigenvalue weighted by atomic mass is 16.1. The van der Waals surface area contributed by atoms with Crippen molar-refractivity contribution in [1.29, 1.82) is 0 Å². The standard InChI is InChI=1S/C8H16N2O/c1-6(2)8(11)7(4-9)5-10-3/h5-6,10H,4,9H2,1-3H3/b7-5+. The lowest BCUT2D eigenvalue weighted by Gasteiger charge is -2.05. The van der Waals surface area contributed by atoms with E-state index in [1.54, 1.807) is 13.2 Å². The van der Waals surface area contributed by atoms with Crippen LogP contribution in [0.3, 0.4) is 0 Å². The number of rotatable bonds is 4. The van der Waals surface area contributed by atoms with E-state index in [4.69, 9.17) is 5.73 Å². The minimum Gasteiger partial charge on any atom is -0.394 e. The third-order valence-electron chi connectivity index (χ3n) is 1.38. The van der Waals surface area contributed by atoms with Crippen molar-refractivity contribution in [2.45, 2.75) is 13.8 Å². The number of hydrogen-bond acceptors (Lipinski definition) is 3. The van der Waals surface area contributed by atoms with Gasteiger partial charge in [-0.2, -0.15) is 0 Å². The van der Waals surface area contributed by atoms with E-state index in [0.29, 0.717) is 12.1 Å². The number of nitrogens with one attached hydrogen (secondary N) is 1. The van der Waals surface area contributed by atoms with Crippen LogP contribution in [-0.2, 0) is 4.79 Å². The maximum absolute atomic E-state index is 11.3. The predicted molar refractivity (Wildman–Crippen MR) is 46.0 cm³/mol. The van der Waals surface area contributed by atoms with Gasteiger partial charge in [0, 0.05) is 31.3 Å². The fourth-order valence-electron chi connectivity index (χ4n) is 0.776. The second-order valence-corrected chi connectivity index (χ2v) is 2.68. The molecule has 0 rings (SSSR count). The van der Waals surface area contributed by atoms with E-state index in [2.05, 4.69) is 5.32 Å². The first-order chi connectivity index (χ1) is 5.13. The van der Waals surface area contributed by atoms with Crippen molar-refractivity contribution in [3.63, 3.8) is 0 Å². The maximum Gasteiger partial charge on any atom is 0.164 e. The van der Waals surface area contributed by atoms with Crippen molar-refractivity contribution in [3.8, 4) is 0 Å². The first-order valence-electron chi connectivity index (χ1n) is 3.74. The van der Waals surface area contributed by atoms with Gasteiger partial charge in [0.2, 0.25) is 0 Å². The van der Waals surface area contributed by atoms with E-state index in [1.807, 2.05) is 13.8 Å². The van der Waals surface area contributed by atoms with Crippen LogP contribution in [0.2, 0.25) is 0 Å². The van der Waals surface area contributed by atoms with Gasteiger partial charge in [-0.25, -0.2) is 0 Å². The Labute approximate surface area is 67.7 Å². The summed E-state index contributed by atoms with van der Waals surface area (Å²) in [4.78, 5) is 11.3. The van der Waals surface area contributed by atoms with Gasteiger partial charge < -0.3 is 11.1 Å². The summed E-state index contributed by atoms with van der Waals surface area (Å²) in [5.41, 5.74) is 6.02. The Hall–Kier alpha value is -0.830. The topological polar surface area (TPSA) is 55.1 Å². The van der Waals surface area contributed by atoms with Crippen LogP contribution in [0.1, 0.15) is 13.8 Å². The van der Waals surface area contributed by atoms with Gasteiger partial charge in [0.25, 0.3) is 0 Å². The summed E-state index contributed by atoms with van der Waals surface area (Å²) in [6.45, 7) is 4.03. The number of nitrogens with two attached hydrogens (primary N) is 1. The molecule has 0 aliphatic carbocycles. The molecule has 0 heterocycles. The van der Waals surface area contributed by atoms with Gasteiger partial charge in [-0.1, -0.05) is 13.8 Å². The van der Waals surface area contributed by atoms with E-state index in [0.717, 1.165) is 0 Å². The average Bonchev–Trinajstić information content (AvgIpc) is 1.98. The number of ketones is 1. The quantitative estimate of drug-likeness (QED) is 0.575. The van der Waals surface area contributed by atoms with Gasteiger partial charge in [-0.15, -0.1) is 0 Å². The van der Waals surface area contributed by atoms with Crippen LogP contribution in [0.4, 0.5) is 0 Å². The van der Waals surface area contributed by atoms with Gasteiger partial charge in [0.05, 0.1) is 0 Å². The van der Waals surface area contributed by atoms with Crippen LogP contribution in [0.25, 0.3) is 0 Å². The summed E-state index contributed by atoms with van der Waals surface area (Å²) in [5.74, 6) is 0.139. The molecule has 0 saturated carbocycles. The van der Waals surface area contributed by atoms with Crippen molar-refractivity contribution in [2.75, 3.05) is 13.6 Å². The Bertz CT molecular complexity index is 161. The molecular weight excluding hydrogens is 140 g/mol. The first-order valence-corrected chi connectivity index (χ1v) is 3.74. The van der Waals surface area contributed by atoms with Gasteiger partial charge >= 0.3 is 0 Å². The van der Waals surface area contributed by atoms with Crippen LogP contribution in [-0.4, -0.2) is 19.4 Å². The van der Waals surface area contributed by atoms with Crippen molar-refractivity contribution >= 4 is 5.78 Å². The fraction of sp³-hybridized carbons (Fsp3) is 0.625. The Balaban J connectivity index is 4.26. The molecule has 0 aromatic rings. The smallest absolute Gasteiger partial charge is 0.164 e. The van der Waals surface area contributed by atoms with Gasteiger partial charge in [0.15, 0.2) is 5.78 Å². The monoisotopic (exact) mass is 156 g/mol. The molecule has 0 unspecified atom stereocenters.